The van der Waals surface area contributed by atoms with Crippen LogP contribution in [0, 0.1) is 5.41 Å². The molecule has 5 heteroatoms. The zero-order valence-electron chi connectivity index (χ0n) is 10.2. The van der Waals surface area contributed by atoms with Crippen molar-refractivity contribution in [1.82, 2.24) is 4.90 Å². The van der Waals surface area contributed by atoms with Gasteiger partial charge in [0.15, 0.2) is 0 Å². The molecule has 5 nitrogen and oxygen atoms in total. The van der Waals surface area contributed by atoms with E-state index in [2.05, 4.69) is 24.0 Å². The van der Waals surface area contributed by atoms with E-state index in [9.17, 15) is 0 Å². The average molecular weight is 224 g/mol. The van der Waals surface area contributed by atoms with Gasteiger partial charge in [0.1, 0.15) is 5.84 Å². The summed E-state index contributed by atoms with van der Waals surface area (Å²) < 4.78 is 1.08. The number of nitrogens with one attached hydrogen (secondary N) is 1. The van der Waals surface area contributed by atoms with Gasteiger partial charge in [0, 0.05) is 12.1 Å². The first-order chi connectivity index (χ1) is 7.48. The van der Waals surface area contributed by atoms with Gasteiger partial charge in [-0.2, -0.15) is 0 Å². The summed E-state index contributed by atoms with van der Waals surface area (Å²) in [5, 5.41) is 7.58. The summed E-state index contributed by atoms with van der Waals surface area (Å²) >= 11 is 0. The van der Waals surface area contributed by atoms with Crippen molar-refractivity contribution in [2.24, 2.45) is 10.7 Å². The van der Waals surface area contributed by atoms with Crippen LogP contribution in [0.1, 0.15) is 6.42 Å². The van der Waals surface area contributed by atoms with Crippen molar-refractivity contribution in [2.45, 2.75) is 12.5 Å². The Morgan fingerprint density at radius 1 is 1.38 bits per heavy atom. The van der Waals surface area contributed by atoms with Crippen LogP contribution in [0.3, 0.4) is 0 Å². The van der Waals surface area contributed by atoms with Gasteiger partial charge in [0.2, 0.25) is 0 Å². The highest BCUT2D eigenvalue weighted by Crippen LogP contribution is 2.12. The molecule has 3 N–H and O–H groups in total. The van der Waals surface area contributed by atoms with Crippen molar-refractivity contribution in [1.29, 1.82) is 5.41 Å². The average Bonchev–Trinajstić information content (AvgIpc) is 2.19. The third-order valence-electron chi connectivity index (χ3n) is 3.50. The standard InChI is InChI=1S/C11H22N5/c1-16(2)5-3-15(4-6-16)11-10(13)7-9(12)8-14-11/h10,12H,3-8,13H2,1-2H3/q+1. The fraction of sp³-hybridized carbons (Fsp3) is 0.818. The van der Waals surface area contributed by atoms with Crippen molar-refractivity contribution in [3.63, 3.8) is 0 Å². The molecule has 0 aliphatic carbocycles. The lowest BCUT2D eigenvalue weighted by atomic mass is 10.1. The van der Waals surface area contributed by atoms with Crippen molar-refractivity contribution >= 4 is 11.5 Å². The van der Waals surface area contributed by atoms with Crippen LogP contribution in [0.5, 0.6) is 0 Å². The molecular weight excluding hydrogens is 202 g/mol. The molecule has 2 aliphatic rings. The fourth-order valence-electron chi connectivity index (χ4n) is 2.29. The van der Waals surface area contributed by atoms with Crippen molar-refractivity contribution in [3.05, 3.63) is 0 Å². The summed E-state index contributed by atoms with van der Waals surface area (Å²) in [6, 6.07) is -0.0602. The molecule has 1 saturated heterocycles. The van der Waals surface area contributed by atoms with Gasteiger partial charge in [-0.25, -0.2) is 0 Å². The van der Waals surface area contributed by atoms with E-state index in [1.54, 1.807) is 0 Å². The number of nitrogens with two attached hydrogens (primary N) is 1. The van der Waals surface area contributed by atoms with Crippen LogP contribution in [0.2, 0.25) is 0 Å². The first-order valence-corrected chi connectivity index (χ1v) is 5.91. The molecule has 0 aromatic carbocycles. The number of hydrogen-bond acceptors (Lipinski definition) is 4. The predicted octanol–water partition coefficient (Wildman–Crippen LogP) is -0.472. The lowest BCUT2D eigenvalue weighted by Crippen LogP contribution is -2.59. The van der Waals surface area contributed by atoms with Gasteiger partial charge < -0.3 is 20.5 Å². The Labute approximate surface area is 97.0 Å². The molecule has 16 heavy (non-hydrogen) atoms. The molecule has 90 valence electrons. The Balaban J connectivity index is 2.01. The summed E-state index contributed by atoms with van der Waals surface area (Å²) in [4.78, 5) is 6.76. The Hall–Kier alpha value is -0.940. The molecule has 1 unspecified atom stereocenters. The van der Waals surface area contributed by atoms with Crippen molar-refractivity contribution in [2.75, 3.05) is 46.8 Å². The third kappa shape index (κ3) is 2.41. The molecular formula is C11H22N5+. The smallest absolute Gasteiger partial charge is 0.117 e. The van der Waals surface area contributed by atoms with Crippen LogP contribution >= 0.6 is 0 Å². The van der Waals surface area contributed by atoms with E-state index >= 15 is 0 Å². The summed E-state index contributed by atoms with van der Waals surface area (Å²) in [5.74, 6) is 1.02. The zero-order valence-corrected chi connectivity index (χ0v) is 10.2. The van der Waals surface area contributed by atoms with Gasteiger partial charge in [-0.15, -0.1) is 0 Å². The SMILES string of the molecule is C[N+]1(C)CCN(C2=NCC(=N)CC2N)CC1. The van der Waals surface area contributed by atoms with E-state index in [0.717, 1.165) is 36.5 Å². The summed E-state index contributed by atoms with van der Waals surface area (Å²) in [5.41, 5.74) is 6.71. The van der Waals surface area contributed by atoms with E-state index in [1.165, 1.54) is 0 Å². The Kier molecular flexibility index (Phi) is 2.99. The maximum Gasteiger partial charge on any atom is 0.117 e. The molecule has 2 heterocycles. The van der Waals surface area contributed by atoms with E-state index in [4.69, 9.17) is 11.1 Å². The molecule has 0 radical (unpaired) electrons. The van der Waals surface area contributed by atoms with E-state index < -0.39 is 0 Å². The highest BCUT2D eigenvalue weighted by Gasteiger charge is 2.30. The zero-order chi connectivity index (χ0) is 11.8. The lowest BCUT2D eigenvalue weighted by molar-refractivity contribution is -0.894. The number of rotatable bonds is 0. The number of hydrogen-bond donors (Lipinski definition) is 2. The lowest BCUT2D eigenvalue weighted by Gasteiger charge is -2.41. The van der Waals surface area contributed by atoms with Gasteiger partial charge in [0.25, 0.3) is 0 Å². The van der Waals surface area contributed by atoms with Crippen molar-refractivity contribution in [3.8, 4) is 0 Å². The molecule has 0 aromatic heterocycles. The third-order valence-corrected chi connectivity index (χ3v) is 3.50. The minimum Gasteiger partial charge on any atom is -0.348 e. The number of nitrogens with zero attached hydrogens (tertiary/aromatic N) is 3. The van der Waals surface area contributed by atoms with E-state index in [-0.39, 0.29) is 6.04 Å². The van der Waals surface area contributed by atoms with Crippen LogP contribution in [-0.2, 0) is 0 Å². The predicted molar refractivity (Wildman–Crippen MR) is 66.0 cm³/mol. The molecule has 0 bridgehead atoms. The highest BCUT2D eigenvalue weighted by molar-refractivity contribution is 5.98. The van der Waals surface area contributed by atoms with Gasteiger partial charge >= 0.3 is 0 Å². The fourth-order valence-corrected chi connectivity index (χ4v) is 2.29. The first-order valence-electron chi connectivity index (χ1n) is 5.91. The molecule has 2 rings (SSSR count). The largest absolute Gasteiger partial charge is 0.348 e. The normalized spacial score (nSPS) is 30.2. The first kappa shape index (κ1) is 11.5. The molecule has 0 aromatic rings. The van der Waals surface area contributed by atoms with Gasteiger partial charge in [-0.3, -0.25) is 4.99 Å². The minimum atomic E-state index is -0.0602. The van der Waals surface area contributed by atoms with E-state index in [1.807, 2.05) is 0 Å². The Bertz CT molecular complexity index is 310. The van der Waals surface area contributed by atoms with Gasteiger partial charge in [-0.1, -0.05) is 0 Å². The van der Waals surface area contributed by atoms with Crippen LogP contribution in [0.15, 0.2) is 4.99 Å². The van der Waals surface area contributed by atoms with Crippen molar-refractivity contribution < 1.29 is 4.48 Å². The molecule has 1 atom stereocenters. The van der Waals surface area contributed by atoms with Gasteiger partial charge in [-0.05, 0) is 0 Å². The quantitative estimate of drug-likeness (QED) is 0.546. The second-order valence-electron chi connectivity index (χ2n) is 5.46. The molecule has 0 amide bonds. The molecule has 0 spiro atoms. The highest BCUT2D eigenvalue weighted by atomic mass is 15.4. The number of piperazine rings is 1. The monoisotopic (exact) mass is 224 g/mol. The number of amidine groups is 1. The second kappa shape index (κ2) is 4.14. The molecule has 1 fully saturated rings. The summed E-state index contributed by atoms with van der Waals surface area (Å²) in [6.07, 6.45) is 0.674. The van der Waals surface area contributed by atoms with E-state index in [0.29, 0.717) is 18.7 Å². The maximum atomic E-state index is 7.58. The van der Waals surface area contributed by atoms with Crippen LogP contribution in [-0.4, -0.2) is 73.8 Å². The minimum absolute atomic E-state index is 0.0602. The summed E-state index contributed by atoms with van der Waals surface area (Å²) in [6.45, 7) is 4.89. The topological polar surface area (TPSA) is 65.5 Å². The summed E-state index contributed by atoms with van der Waals surface area (Å²) in [7, 11) is 4.52. The Morgan fingerprint density at radius 2 is 2.00 bits per heavy atom. The second-order valence-corrected chi connectivity index (χ2v) is 5.46. The van der Waals surface area contributed by atoms with Crippen LogP contribution < -0.4 is 5.73 Å². The molecule has 0 saturated carbocycles. The number of quaternary nitrogens is 1. The van der Waals surface area contributed by atoms with Gasteiger partial charge in [0.05, 0.1) is 52.9 Å². The number of likely N-dealkylation sites (N-methyl/N-ethyl adjacent to an activating group) is 1. The van der Waals surface area contributed by atoms with Crippen LogP contribution in [0.4, 0.5) is 0 Å². The number of aliphatic imine (C=N–C) groups is 1. The Morgan fingerprint density at radius 3 is 2.56 bits per heavy atom. The van der Waals surface area contributed by atoms with Crippen LogP contribution in [0.25, 0.3) is 0 Å². The maximum absolute atomic E-state index is 7.58. The molecule has 2 aliphatic heterocycles.